The first kappa shape index (κ1) is 17.8. The van der Waals surface area contributed by atoms with Gasteiger partial charge in [0.2, 0.25) is 11.8 Å². The molecule has 1 aliphatic heterocycles. The molecule has 0 saturated carbocycles. The molecule has 0 spiro atoms. The summed E-state index contributed by atoms with van der Waals surface area (Å²) in [5.41, 5.74) is 2.87. The number of imide groups is 1. The largest absolute Gasteiger partial charge is 0.274 e. The van der Waals surface area contributed by atoms with E-state index < -0.39 is 12.0 Å². The molecular formula is C21H21N3O2. The number of hydrogen-bond donors (Lipinski definition) is 0. The van der Waals surface area contributed by atoms with Crippen LogP contribution in [0.15, 0.2) is 48.7 Å². The van der Waals surface area contributed by atoms with Crippen molar-refractivity contribution in [1.82, 2.24) is 9.88 Å². The molecule has 2 amide bonds. The van der Waals surface area contributed by atoms with Crippen molar-refractivity contribution < 1.29 is 9.59 Å². The number of nitriles is 1. The molecule has 132 valence electrons. The van der Waals surface area contributed by atoms with Crippen molar-refractivity contribution in [3.8, 4) is 6.07 Å². The van der Waals surface area contributed by atoms with Crippen LogP contribution in [-0.2, 0) is 16.0 Å². The molecule has 1 fully saturated rings. The number of carbonyl (C=O) groups is 2. The Balaban J connectivity index is 1.66. The molecule has 2 aromatic rings. The molecule has 0 bridgehead atoms. The molecule has 26 heavy (non-hydrogen) atoms. The maximum atomic E-state index is 12.6. The van der Waals surface area contributed by atoms with E-state index in [1.807, 2.05) is 56.3 Å². The fourth-order valence-electron chi connectivity index (χ4n) is 3.42. The van der Waals surface area contributed by atoms with Crippen molar-refractivity contribution in [2.24, 2.45) is 5.92 Å². The van der Waals surface area contributed by atoms with Gasteiger partial charge in [-0.15, -0.1) is 0 Å². The van der Waals surface area contributed by atoms with E-state index in [9.17, 15) is 14.9 Å². The molecule has 1 aliphatic rings. The Kier molecular flexibility index (Phi) is 5.13. The van der Waals surface area contributed by atoms with Crippen LogP contribution in [0.5, 0.6) is 0 Å². The second-order valence-corrected chi connectivity index (χ2v) is 6.81. The van der Waals surface area contributed by atoms with Gasteiger partial charge in [0.15, 0.2) is 0 Å². The molecule has 1 aromatic heterocycles. The molecule has 3 rings (SSSR count). The number of amides is 2. The average Bonchev–Trinajstić information content (AvgIpc) is 2.64. The van der Waals surface area contributed by atoms with Gasteiger partial charge >= 0.3 is 0 Å². The lowest BCUT2D eigenvalue weighted by molar-refractivity contribution is -0.163. The third kappa shape index (κ3) is 3.50. The van der Waals surface area contributed by atoms with Gasteiger partial charge in [-0.1, -0.05) is 37.3 Å². The Morgan fingerprint density at radius 1 is 1.31 bits per heavy atom. The molecule has 5 heteroatoms. The highest BCUT2D eigenvalue weighted by Gasteiger charge is 2.50. The number of pyridine rings is 1. The smallest absolute Gasteiger partial charge is 0.236 e. The van der Waals surface area contributed by atoms with E-state index in [0.717, 1.165) is 21.7 Å². The number of benzene rings is 1. The van der Waals surface area contributed by atoms with Crippen molar-refractivity contribution in [1.29, 1.82) is 5.26 Å². The van der Waals surface area contributed by atoms with Gasteiger partial charge in [0, 0.05) is 18.3 Å². The monoisotopic (exact) mass is 347 g/mol. The number of aryl methyl sites for hydroxylation is 1. The molecular weight excluding hydrogens is 326 g/mol. The Hall–Kier alpha value is -3.00. The van der Waals surface area contributed by atoms with Crippen LogP contribution in [0.2, 0.25) is 0 Å². The van der Waals surface area contributed by atoms with E-state index in [1.165, 1.54) is 0 Å². The summed E-state index contributed by atoms with van der Waals surface area (Å²) in [6, 6.07) is 14.9. The van der Waals surface area contributed by atoms with Gasteiger partial charge in [0.05, 0.1) is 12.0 Å². The summed E-state index contributed by atoms with van der Waals surface area (Å²) in [5, 5.41) is 9.47. The Labute approximate surface area is 153 Å². The van der Waals surface area contributed by atoms with Crippen molar-refractivity contribution in [3.05, 3.63) is 65.5 Å². The quantitative estimate of drug-likeness (QED) is 0.779. The molecule has 0 radical (unpaired) electrons. The first-order valence-electron chi connectivity index (χ1n) is 8.73. The van der Waals surface area contributed by atoms with Crippen molar-refractivity contribution in [2.45, 2.75) is 38.6 Å². The normalized spacial score (nSPS) is 20.2. The van der Waals surface area contributed by atoms with Crippen molar-refractivity contribution >= 4 is 11.8 Å². The van der Waals surface area contributed by atoms with Crippen molar-refractivity contribution in [3.63, 3.8) is 0 Å². The molecule has 2 heterocycles. The maximum Gasteiger partial charge on any atom is 0.236 e. The number of likely N-dealkylation sites (tertiary alicyclic amines) is 1. The third-order valence-corrected chi connectivity index (χ3v) is 4.88. The van der Waals surface area contributed by atoms with E-state index in [0.29, 0.717) is 6.42 Å². The minimum atomic E-state index is -0.688. The highest BCUT2D eigenvalue weighted by Crippen LogP contribution is 2.32. The molecule has 0 unspecified atom stereocenters. The summed E-state index contributed by atoms with van der Waals surface area (Å²) >= 11 is 0. The molecule has 1 aromatic carbocycles. The lowest BCUT2D eigenvalue weighted by Gasteiger charge is -2.42. The fourth-order valence-corrected chi connectivity index (χ4v) is 3.42. The summed E-state index contributed by atoms with van der Waals surface area (Å²) in [7, 11) is 0. The van der Waals surface area contributed by atoms with Crippen LogP contribution in [0, 0.1) is 24.2 Å². The van der Waals surface area contributed by atoms with Gasteiger partial charge in [-0.3, -0.25) is 19.5 Å². The van der Waals surface area contributed by atoms with Crippen LogP contribution >= 0.6 is 0 Å². The average molecular weight is 347 g/mol. The molecule has 0 N–H and O–H groups in total. The minimum absolute atomic E-state index is 0.00209. The van der Waals surface area contributed by atoms with Gasteiger partial charge in [0.1, 0.15) is 6.04 Å². The topological polar surface area (TPSA) is 74.1 Å². The van der Waals surface area contributed by atoms with Crippen LogP contribution < -0.4 is 0 Å². The summed E-state index contributed by atoms with van der Waals surface area (Å²) < 4.78 is 0. The predicted molar refractivity (Wildman–Crippen MR) is 96.9 cm³/mol. The van der Waals surface area contributed by atoms with Crippen LogP contribution in [0.25, 0.3) is 0 Å². The number of carbonyl (C=O) groups excluding carboxylic acids is 2. The maximum absolute atomic E-state index is 12.6. The molecule has 0 aliphatic carbocycles. The van der Waals surface area contributed by atoms with Crippen LogP contribution in [-0.4, -0.2) is 27.7 Å². The molecule has 5 nitrogen and oxygen atoms in total. The SMILES string of the molecule is Cc1cc(C[C@H]2C(=O)N(C(=O)C[C@H](C)c3ccccc3)[C@@H]2C#N)ccn1. The lowest BCUT2D eigenvalue weighted by atomic mass is 9.82. The number of aromatic nitrogens is 1. The van der Waals surface area contributed by atoms with Crippen LogP contribution in [0.4, 0.5) is 0 Å². The number of hydrogen-bond acceptors (Lipinski definition) is 4. The Bertz CT molecular complexity index is 857. The second-order valence-electron chi connectivity index (χ2n) is 6.81. The summed E-state index contributed by atoms with van der Waals surface area (Å²) in [4.78, 5) is 30.4. The van der Waals surface area contributed by atoms with Gasteiger partial charge < -0.3 is 0 Å². The van der Waals surface area contributed by atoms with E-state index in [2.05, 4.69) is 11.1 Å². The zero-order valence-corrected chi connectivity index (χ0v) is 14.9. The summed E-state index contributed by atoms with van der Waals surface area (Å²) in [6.45, 7) is 3.84. The summed E-state index contributed by atoms with van der Waals surface area (Å²) in [6.07, 6.45) is 2.37. The highest BCUT2D eigenvalue weighted by molar-refractivity contribution is 6.03. The Morgan fingerprint density at radius 2 is 2.04 bits per heavy atom. The number of nitrogens with zero attached hydrogens (tertiary/aromatic N) is 3. The van der Waals surface area contributed by atoms with E-state index in [-0.39, 0.29) is 24.2 Å². The standard InChI is InChI=1S/C21H21N3O2/c1-14(17-6-4-3-5-7-17)10-20(25)24-19(13-22)18(21(24)26)12-16-8-9-23-15(2)11-16/h3-9,11,14,18-19H,10,12H2,1-2H3/t14-,18+,19+/m0/s1. The van der Waals surface area contributed by atoms with Gasteiger partial charge in [-0.2, -0.15) is 5.26 Å². The third-order valence-electron chi connectivity index (χ3n) is 4.88. The van der Waals surface area contributed by atoms with E-state index in [1.54, 1.807) is 6.20 Å². The van der Waals surface area contributed by atoms with Crippen LogP contribution in [0.1, 0.15) is 36.1 Å². The number of β-lactam (4-membered cyclic amide) rings is 1. The molecule has 1 saturated heterocycles. The second kappa shape index (κ2) is 7.49. The first-order chi connectivity index (χ1) is 12.5. The van der Waals surface area contributed by atoms with E-state index >= 15 is 0 Å². The Morgan fingerprint density at radius 3 is 2.69 bits per heavy atom. The first-order valence-corrected chi connectivity index (χ1v) is 8.73. The predicted octanol–water partition coefficient (Wildman–Crippen LogP) is 3.00. The highest BCUT2D eigenvalue weighted by atomic mass is 16.2. The fraction of sp³-hybridized carbons (Fsp3) is 0.333. The van der Waals surface area contributed by atoms with Gasteiger partial charge in [-0.05, 0) is 42.5 Å². The van der Waals surface area contributed by atoms with Crippen molar-refractivity contribution in [2.75, 3.05) is 0 Å². The minimum Gasteiger partial charge on any atom is -0.274 e. The van der Waals surface area contributed by atoms with Gasteiger partial charge in [0.25, 0.3) is 0 Å². The summed E-state index contributed by atoms with van der Waals surface area (Å²) in [5.74, 6) is -0.994. The zero-order chi connectivity index (χ0) is 18.7. The zero-order valence-electron chi connectivity index (χ0n) is 14.9. The molecule has 3 atom stereocenters. The number of rotatable bonds is 5. The lowest BCUT2D eigenvalue weighted by Crippen LogP contribution is -2.63. The van der Waals surface area contributed by atoms with Gasteiger partial charge in [-0.25, -0.2) is 0 Å². The van der Waals surface area contributed by atoms with E-state index in [4.69, 9.17) is 0 Å². The van der Waals surface area contributed by atoms with Crippen LogP contribution in [0.3, 0.4) is 0 Å².